The first-order valence-electron chi connectivity index (χ1n) is 7.35. The molecule has 1 saturated heterocycles. The van der Waals surface area contributed by atoms with E-state index in [-0.39, 0.29) is 0 Å². The second kappa shape index (κ2) is 6.92. The molecule has 106 valence electrons. The summed E-state index contributed by atoms with van der Waals surface area (Å²) in [5, 5.41) is 3.43. The lowest BCUT2D eigenvalue weighted by molar-refractivity contribution is 0.128. The molecule has 1 aliphatic heterocycles. The van der Waals surface area contributed by atoms with Crippen LogP contribution in [0.25, 0.3) is 0 Å². The molecule has 0 radical (unpaired) electrons. The Bertz CT molecular complexity index is 388. The summed E-state index contributed by atoms with van der Waals surface area (Å²) in [7, 11) is 1.74. The first kappa shape index (κ1) is 14.4. The highest BCUT2D eigenvalue weighted by molar-refractivity contribution is 5.31. The Labute approximate surface area is 116 Å². The number of methoxy groups -OCH3 is 1. The van der Waals surface area contributed by atoms with Crippen molar-refractivity contribution in [3.63, 3.8) is 0 Å². The number of ether oxygens (including phenoxy) is 1. The second-order valence-corrected chi connectivity index (χ2v) is 5.39. The van der Waals surface area contributed by atoms with Crippen LogP contribution in [0.1, 0.15) is 31.9 Å². The van der Waals surface area contributed by atoms with E-state index in [2.05, 4.69) is 42.3 Å². The fourth-order valence-electron chi connectivity index (χ4n) is 2.91. The molecule has 1 heterocycles. The summed E-state index contributed by atoms with van der Waals surface area (Å²) in [4.78, 5) is 2.61. The van der Waals surface area contributed by atoms with Gasteiger partial charge in [0.25, 0.3) is 0 Å². The van der Waals surface area contributed by atoms with Gasteiger partial charge < -0.3 is 10.1 Å². The quantitative estimate of drug-likeness (QED) is 0.883. The highest BCUT2D eigenvalue weighted by Crippen LogP contribution is 2.32. The number of rotatable bonds is 5. The third-order valence-corrected chi connectivity index (χ3v) is 4.16. The van der Waals surface area contributed by atoms with E-state index in [1.807, 2.05) is 6.07 Å². The summed E-state index contributed by atoms with van der Waals surface area (Å²) in [5.41, 5.74) is 1.38. The highest BCUT2D eigenvalue weighted by atomic mass is 16.5. The van der Waals surface area contributed by atoms with Crippen molar-refractivity contribution in [2.24, 2.45) is 5.92 Å². The third-order valence-electron chi connectivity index (χ3n) is 4.16. The molecule has 1 unspecified atom stereocenters. The van der Waals surface area contributed by atoms with E-state index in [1.165, 1.54) is 12.0 Å². The van der Waals surface area contributed by atoms with Crippen molar-refractivity contribution >= 4 is 0 Å². The first-order valence-corrected chi connectivity index (χ1v) is 7.35. The van der Waals surface area contributed by atoms with Crippen LogP contribution >= 0.6 is 0 Å². The predicted molar refractivity (Wildman–Crippen MR) is 79.6 cm³/mol. The van der Waals surface area contributed by atoms with Crippen LogP contribution in [-0.2, 0) is 0 Å². The number of piperazine rings is 1. The van der Waals surface area contributed by atoms with Crippen molar-refractivity contribution in [2.45, 2.75) is 26.3 Å². The van der Waals surface area contributed by atoms with Crippen molar-refractivity contribution in [3.05, 3.63) is 29.8 Å². The van der Waals surface area contributed by atoms with Crippen LogP contribution in [0.15, 0.2) is 24.3 Å². The molecule has 0 bridgehead atoms. The lowest BCUT2D eigenvalue weighted by Crippen LogP contribution is -2.46. The highest BCUT2D eigenvalue weighted by Gasteiger charge is 2.26. The molecule has 3 nitrogen and oxygen atoms in total. The Kier molecular flexibility index (Phi) is 5.23. The van der Waals surface area contributed by atoms with E-state index >= 15 is 0 Å². The maximum atomic E-state index is 5.37. The van der Waals surface area contributed by atoms with Crippen LogP contribution in [0, 0.1) is 5.92 Å². The number of hydrogen-bond acceptors (Lipinski definition) is 3. The average Bonchev–Trinajstić information content (AvgIpc) is 2.48. The second-order valence-electron chi connectivity index (χ2n) is 5.39. The number of nitrogens with zero attached hydrogens (tertiary/aromatic N) is 1. The molecule has 0 aliphatic carbocycles. The standard InChI is InChI=1S/C16H26N2O/c1-4-13(2)16(18-10-8-17-9-11-18)14-6-5-7-15(12-14)19-3/h5-7,12-13,16-17H,4,8-11H2,1-3H3/t13?,16-/m1/s1. The summed E-state index contributed by atoms with van der Waals surface area (Å²) >= 11 is 0. The van der Waals surface area contributed by atoms with Gasteiger partial charge in [-0.25, -0.2) is 0 Å². The molecule has 0 amide bonds. The molecule has 1 fully saturated rings. The van der Waals surface area contributed by atoms with Gasteiger partial charge in [0.15, 0.2) is 0 Å². The molecule has 19 heavy (non-hydrogen) atoms. The van der Waals surface area contributed by atoms with Crippen LogP contribution < -0.4 is 10.1 Å². The van der Waals surface area contributed by atoms with Gasteiger partial charge in [0.1, 0.15) is 5.75 Å². The van der Waals surface area contributed by atoms with Gasteiger partial charge in [-0.05, 0) is 23.6 Å². The van der Waals surface area contributed by atoms with Gasteiger partial charge in [-0.15, -0.1) is 0 Å². The van der Waals surface area contributed by atoms with E-state index in [4.69, 9.17) is 4.74 Å². The largest absolute Gasteiger partial charge is 0.497 e. The van der Waals surface area contributed by atoms with Crippen LogP contribution in [0.5, 0.6) is 5.75 Å². The summed E-state index contributed by atoms with van der Waals surface area (Å²) in [6.45, 7) is 9.08. The maximum Gasteiger partial charge on any atom is 0.119 e. The maximum absolute atomic E-state index is 5.37. The summed E-state index contributed by atoms with van der Waals surface area (Å²) in [6.07, 6.45) is 1.20. The van der Waals surface area contributed by atoms with Gasteiger partial charge in [0, 0.05) is 32.2 Å². The summed E-state index contributed by atoms with van der Waals surface area (Å²) < 4.78 is 5.37. The van der Waals surface area contributed by atoms with E-state index in [0.717, 1.165) is 31.9 Å². The normalized spacial score (nSPS) is 19.9. The zero-order valence-electron chi connectivity index (χ0n) is 12.4. The molecule has 0 spiro atoms. The molecule has 1 aromatic rings. The Morgan fingerprint density at radius 3 is 2.68 bits per heavy atom. The van der Waals surface area contributed by atoms with E-state index < -0.39 is 0 Å². The zero-order chi connectivity index (χ0) is 13.7. The number of nitrogens with one attached hydrogen (secondary N) is 1. The predicted octanol–water partition coefficient (Wildman–Crippen LogP) is 2.69. The van der Waals surface area contributed by atoms with Gasteiger partial charge in [0.2, 0.25) is 0 Å². The van der Waals surface area contributed by atoms with Crippen LogP contribution in [0.2, 0.25) is 0 Å². The van der Waals surface area contributed by atoms with Crippen molar-refractivity contribution < 1.29 is 4.74 Å². The lowest BCUT2D eigenvalue weighted by Gasteiger charge is -2.38. The molecular formula is C16H26N2O. The topological polar surface area (TPSA) is 24.5 Å². The van der Waals surface area contributed by atoms with Gasteiger partial charge in [0.05, 0.1) is 7.11 Å². The third kappa shape index (κ3) is 3.48. The Morgan fingerprint density at radius 1 is 1.32 bits per heavy atom. The summed E-state index contributed by atoms with van der Waals surface area (Å²) in [5.74, 6) is 1.62. The van der Waals surface area contributed by atoms with Gasteiger partial charge in [-0.1, -0.05) is 32.4 Å². The zero-order valence-corrected chi connectivity index (χ0v) is 12.4. The van der Waals surface area contributed by atoms with Crippen LogP contribution in [-0.4, -0.2) is 38.2 Å². The molecule has 2 atom stereocenters. The van der Waals surface area contributed by atoms with Crippen LogP contribution in [0.3, 0.4) is 0 Å². The van der Waals surface area contributed by atoms with Crippen molar-refractivity contribution in [1.82, 2.24) is 10.2 Å². The Morgan fingerprint density at radius 2 is 2.05 bits per heavy atom. The van der Waals surface area contributed by atoms with E-state index in [0.29, 0.717) is 12.0 Å². The van der Waals surface area contributed by atoms with E-state index in [9.17, 15) is 0 Å². The number of hydrogen-bond donors (Lipinski definition) is 1. The first-order chi connectivity index (χ1) is 9.26. The molecule has 1 aliphatic rings. The Hall–Kier alpha value is -1.06. The molecule has 0 aromatic heterocycles. The molecular weight excluding hydrogens is 236 g/mol. The van der Waals surface area contributed by atoms with Crippen molar-refractivity contribution in [2.75, 3.05) is 33.3 Å². The van der Waals surface area contributed by atoms with Gasteiger partial charge in [-0.2, -0.15) is 0 Å². The van der Waals surface area contributed by atoms with Crippen molar-refractivity contribution in [3.8, 4) is 5.75 Å². The fourth-order valence-corrected chi connectivity index (χ4v) is 2.91. The fraction of sp³-hybridized carbons (Fsp3) is 0.625. The molecule has 0 saturated carbocycles. The summed E-state index contributed by atoms with van der Waals surface area (Å²) in [6, 6.07) is 9.06. The molecule has 1 N–H and O–H groups in total. The van der Waals surface area contributed by atoms with Crippen molar-refractivity contribution in [1.29, 1.82) is 0 Å². The van der Waals surface area contributed by atoms with Gasteiger partial charge in [-0.3, -0.25) is 4.90 Å². The monoisotopic (exact) mass is 262 g/mol. The minimum Gasteiger partial charge on any atom is -0.497 e. The number of benzene rings is 1. The van der Waals surface area contributed by atoms with Gasteiger partial charge >= 0.3 is 0 Å². The molecule has 2 rings (SSSR count). The average molecular weight is 262 g/mol. The SMILES string of the molecule is CCC(C)[C@H](c1cccc(OC)c1)N1CCNCC1. The smallest absolute Gasteiger partial charge is 0.119 e. The van der Waals surface area contributed by atoms with E-state index in [1.54, 1.807) is 7.11 Å². The van der Waals surface area contributed by atoms with Crippen LogP contribution in [0.4, 0.5) is 0 Å². The minimum absolute atomic E-state index is 0.502. The minimum atomic E-state index is 0.502. The lowest BCUT2D eigenvalue weighted by atomic mass is 9.90. The molecule has 1 aromatic carbocycles. The molecule has 3 heteroatoms. The Balaban J connectivity index is 2.24.